The first kappa shape index (κ1) is 12.2. The summed E-state index contributed by atoms with van der Waals surface area (Å²) in [6.07, 6.45) is 2.87. The molecule has 1 atom stereocenters. The molecule has 0 saturated heterocycles. The van der Waals surface area contributed by atoms with Crippen molar-refractivity contribution in [2.75, 3.05) is 11.1 Å². The number of carbonyl (C=O) groups excluding carboxylic acids is 1. The fourth-order valence-corrected chi connectivity index (χ4v) is 1.14. The summed E-state index contributed by atoms with van der Waals surface area (Å²) in [6.45, 7) is 5.56. The van der Waals surface area contributed by atoms with Crippen LogP contribution in [-0.2, 0) is 4.79 Å². The van der Waals surface area contributed by atoms with Gasteiger partial charge in [0.15, 0.2) is 5.82 Å². The quantitative estimate of drug-likeness (QED) is 0.686. The molecule has 0 aliphatic rings. The summed E-state index contributed by atoms with van der Waals surface area (Å²) in [4.78, 5) is 19.3. The lowest BCUT2D eigenvalue weighted by atomic mass is 10.2. The molecule has 0 spiro atoms. The van der Waals surface area contributed by atoms with Crippen LogP contribution in [-0.4, -0.2) is 28.0 Å². The molecule has 0 fully saturated rings. The number of rotatable bonds is 4. The Morgan fingerprint density at radius 2 is 2.12 bits per heavy atom. The first-order valence-electron chi connectivity index (χ1n) is 5.13. The molecular weight excluding hydrogens is 206 g/mol. The molecule has 0 saturated carbocycles. The minimum atomic E-state index is -0.389. The Bertz CT molecular complexity index is 366. The van der Waals surface area contributed by atoms with E-state index in [1.54, 1.807) is 6.92 Å². The number of nitrogens with zero attached hydrogens (tertiary/aromatic N) is 2. The van der Waals surface area contributed by atoms with Crippen LogP contribution in [0.3, 0.4) is 0 Å². The molecular formula is C10H17N5O. The van der Waals surface area contributed by atoms with Crippen molar-refractivity contribution in [2.24, 2.45) is 0 Å². The molecule has 0 aromatic carbocycles. The lowest BCUT2D eigenvalue weighted by Crippen LogP contribution is -2.41. The highest BCUT2D eigenvalue weighted by atomic mass is 16.2. The second-order valence-electron chi connectivity index (χ2n) is 3.86. The molecule has 6 heteroatoms. The van der Waals surface area contributed by atoms with Crippen molar-refractivity contribution >= 4 is 17.4 Å². The first-order chi connectivity index (χ1) is 7.50. The molecule has 4 N–H and O–H groups in total. The van der Waals surface area contributed by atoms with Gasteiger partial charge >= 0.3 is 0 Å². The predicted octanol–water partition coefficient (Wildman–Crippen LogP) is 0.384. The van der Waals surface area contributed by atoms with Crippen molar-refractivity contribution in [3.8, 4) is 0 Å². The number of hydrogen-bond donors (Lipinski definition) is 3. The van der Waals surface area contributed by atoms with Crippen LogP contribution in [0.4, 0.5) is 11.5 Å². The van der Waals surface area contributed by atoms with Crippen molar-refractivity contribution in [1.82, 2.24) is 15.3 Å². The third kappa shape index (κ3) is 3.38. The van der Waals surface area contributed by atoms with Crippen molar-refractivity contribution in [2.45, 2.75) is 32.9 Å². The molecule has 1 unspecified atom stereocenters. The van der Waals surface area contributed by atoms with Gasteiger partial charge in [0.25, 0.3) is 0 Å². The maximum Gasteiger partial charge on any atom is 0.242 e. The Hall–Kier alpha value is -1.85. The largest absolute Gasteiger partial charge is 0.394 e. The standard InChI is InChI=1S/C10H17N5O/c1-6(2)14-10(16)7(3)15-9-8(11)4-12-5-13-9/h4-7H,11H2,1-3H3,(H,14,16)(H,12,13,15). The van der Waals surface area contributed by atoms with Crippen molar-refractivity contribution in [3.05, 3.63) is 12.5 Å². The zero-order valence-corrected chi connectivity index (χ0v) is 9.69. The van der Waals surface area contributed by atoms with E-state index in [4.69, 9.17) is 5.73 Å². The van der Waals surface area contributed by atoms with Gasteiger partial charge in [0.1, 0.15) is 12.4 Å². The predicted molar refractivity (Wildman–Crippen MR) is 62.8 cm³/mol. The molecule has 1 heterocycles. The summed E-state index contributed by atoms with van der Waals surface area (Å²) in [7, 11) is 0. The van der Waals surface area contributed by atoms with Gasteiger partial charge in [-0.05, 0) is 20.8 Å². The third-order valence-electron chi connectivity index (χ3n) is 1.92. The zero-order valence-electron chi connectivity index (χ0n) is 9.69. The second kappa shape index (κ2) is 5.29. The van der Waals surface area contributed by atoms with Crippen molar-refractivity contribution < 1.29 is 4.79 Å². The van der Waals surface area contributed by atoms with E-state index in [-0.39, 0.29) is 18.0 Å². The molecule has 0 aliphatic carbocycles. The maximum atomic E-state index is 11.6. The van der Waals surface area contributed by atoms with E-state index < -0.39 is 0 Å². The van der Waals surface area contributed by atoms with E-state index in [9.17, 15) is 4.79 Å². The number of carbonyl (C=O) groups is 1. The van der Waals surface area contributed by atoms with Gasteiger partial charge in [-0.25, -0.2) is 9.97 Å². The Labute approximate surface area is 94.7 Å². The van der Waals surface area contributed by atoms with Gasteiger partial charge in [0.2, 0.25) is 5.91 Å². The highest BCUT2D eigenvalue weighted by Gasteiger charge is 2.14. The highest BCUT2D eigenvalue weighted by Crippen LogP contribution is 2.12. The van der Waals surface area contributed by atoms with E-state index in [1.165, 1.54) is 12.5 Å². The van der Waals surface area contributed by atoms with Crippen LogP contribution in [0.5, 0.6) is 0 Å². The van der Waals surface area contributed by atoms with Crippen LogP contribution < -0.4 is 16.4 Å². The van der Waals surface area contributed by atoms with Gasteiger partial charge < -0.3 is 16.4 Å². The Morgan fingerprint density at radius 3 is 2.69 bits per heavy atom. The van der Waals surface area contributed by atoms with E-state index >= 15 is 0 Å². The monoisotopic (exact) mass is 223 g/mol. The Kier molecular flexibility index (Phi) is 4.04. The van der Waals surface area contributed by atoms with Gasteiger partial charge in [-0.1, -0.05) is 0 Å². The molecule has 1 amide bonds. The van der Waals surface area contributed by atoms with Gasteiger partial charge in [-0.3, -0.25) is 4.79 Å². The molecule has 0 bridgehead atoms. The number of hydrogen-bond acceptors (Lipinski definition) is 5. The molecule has 88 valence electrons. The van der Waals surface area contributed by atoms with Crippen LogP contribution in [0.1, 0.15) is 20.8 Å². The second-order valence-corrected chi connectivity index (χ2v) is 3.86. The number of anilines is 2. The van der Waals surface area contributed by atoms with Crippen LogP contribution in [0, 0.1) is 0 Å². The Morgan fingerprint density at radius 1 is 1.44 bits per heavy atom. The fraction of sp³-hybridized carbons (Fsp3) is 0.500. The SMILES string of the molecule is CC(C)NC(=O)C(C)Nc1ncncc1N. The number of amides is 1. The van der Waals surface area contributed by atoms with Gasteiger partial charge in [-0.15, -0.1) is 0 Å². The Balaban J connectivity index is 2.61. The molecule has 0 radical (unpaired) electrons. The van der Waals surface area contributed by atoms with Crippen LogP contribution in [0.15, 0.2) is 12.5 Å². The van der Waals surface area contributed by atoms with Crippen LogP contribution >= 0.6 is 0 Å². The fourth-order valence-electron chi connectivity index (χ4n) is 1.14. The number of nitrogens with two attached hydrogens (primary N) is 1. The molecule has 16 heavy (non-hydrogen) atoms. The minimum Gasteiger partial charge on any atom is -0.394 e. The summed E-state index contributed by atoms with van der Waals surface area (Å²) in [5.74, 6) is 0.384. The van der Waals surface area contributed by atoms with Gasteiger partial charge in [0, 0.05) is 6.04 Å². The lowest BCUT2D eigenvalue weighted by Gasteiger charge is -2.16. The number of nitrogen functional groups attached to an aromatic ring is 1. The molecule has 1 aromatic heterocycles. The molecule has 1 aromatic rings. The summed E-state index contributed by atoms with van der Waals surface area (Å²) in [5, 5.41) is 5.72. The number of nitrogens with one attached hydrogen (secondary N) is 2. The summed E-state index contributed by atoms with van der Waals surface area (Å²) in [6, 6.07) is -0.279. The van der Waals surface area contributed by atoms with Crippen LogP contribution in [0.2, 0.25) is 0 Å². The average Bonchev–Trinajstić information content (AvgIpc) is 2.20. The van der Waals surface area contributed by atoms with E-state index in [1.807, 2.05) is 13.8 Å². The molecule has 1 rings (SSSR count). The van der Waals surface area contributed by atoms with Gasteiger partial charge in [0.05, 0.1) is 11.9 Å². The zero-order chi connectivity index (χ0) is 12.1. The topological polar surface area (TPSA) is 92.9 Å². The molecule has 0 aliphatic heterocycles. The summed E-state index contributed by atoms with van der Waals surface area (Å²) >= 11 is 0. The van der Waals surface area contributed by atoms with Crippen molar-refractivity contribution in [3.63, 3.8) is 0 Å². The average molecular weight is 223 g/mol. The first-order valence-corrected chi connectivity index (χ1v) is 5.13. The number of aromatic nitrogens is 2. The highest BCUT2D eigenvalue weighted by molar-refractivity contribution is 5.84. The maximum absolute atomic E-state index is 11.6. The third-order valence-corrected chi connectivity index (χ3v) is 1.92. The van der Waals surface area contributed by atoms with Crippen LogP contribution in [0.25, 0.3) is 0 Å². The van der Waals surface area contributed by atoms with E-state index in [2.05, 4.69) is 20.6 Å². The molecule has 6 nitrogen and oxygen atoms in total. The van der Waals surface area contributed by atoms with Gasteiger partial charge in [-0.2, -0.15) is 0 Å². The minimum absolute atomic E-state index is 0.0898. The summed E-state index contributed by atoms with van der Waals surface area (Å²) in [5.41, 5.74) is 6.07. The summed E-state index contributed by atoms with van der Waals surface area (Å²) < 4.78 is 0. The van der Waals surface area contributed by atoms with Crippen molar-refractivity contribution in [1.29, 1.82) is 0 Å². The van der Waals surface area contributed by atoms with E-state index in [0.717, 1.165) is 0 Å². The van der Waals surface area contributed by atoms with E-state index in [0.29, 0.717) is 11.5 Å². The normalized spacial score (nSPS) is 12.2. The lowest BCUT2D eigenvalue weighted by molar-refractivity contribution is -0.122. The smallest absolute Gasteiger partial charge is 0.242 e.